The quantitative estimate of drug-likeness (QED) is 0.872. The second kappa shape index (κ2) is 4.98. The molecule has 2 heteroatoms. The average molecular weight is 257 g/mol. The molecule has 0 aliphatic heterocycles. The first-order chi connectivity index (χ1) is 8.91. The molecule has 0 bridgehead atoms. The number of rotatable bonds is 2. The van der Waals surface area contributed by atoms with Crippen LogP contribution in [0.1, 0.15) is 50.7 Å². The summed E-state index contributed by atoms with van der Waals surface area (Å²) in [5, 5.41) is 20.7. The zero-order valence-electron chi connectivity index (χ0n) is 12.1. The highest BCUT2D eigenvalue weighted by Crippen LogP contribution is 2.50. The SMILES string of the molecule is Cc1ccc(C(C)(O)C2(C#N)CCC(C)CC2)cc1. The van der Waals surface area contributed by atoms with Gasteiger partial charge < -0.3 is 5.11 Å². The minimum absolute atomic E-state index is 0.644. The van der Waals surface area contributed by atoms with Crippen molar-refractivity contribution in [1.82, 2.24) is 0 Å². The van der Waals surface area contributed by atoms with Gasteiger partial charge in [0.25, 0.3) is 0 Å². The van der Waals surface area contributed by atoms with Crippen LogP contribution in [0.2, 0.25) is 0 Å². The van der Waals surface area contributed by atoms with Crippen LogP contribution in [-0.4, -0.2) is 5.11 Å². The summed E-state index contributed by atoms with van der Waals surface area (Å²) in [4.78, 5) is 0. The topological polar surface area (TPSA) is 44.0 Å². The van der Waals surface area contributed by atoms with Gasteiger partial charge in [0.15, 0.2) is 0 Å². The van der Waals surface area contributed by atoms with Gasteiger partial charge in [0.2, 0.25) is 0 Å². The summed E-state index contributed by atoms with van der Waals surface area (Å²) in [7, 11) is 0. The zero-order chi connectivity index (χ0) is 14.1. The highest BCUT2D eigenvalue weighted by molar-refractivity contribution is 5.31. The predicted octanol–water partition coefficient (Wildman–Crippen LogP) is 3.92. The van der Waals surface area contributed by atoms with Crippen molar-refractivity contribution in [2.75, 3.05) is 0 Å². The Kier molecular flexibility index (Phi) is 3.69. The van der Waals surface area contributed by atoms with E-state index in [-0.39, 0.29) is 0 Å². The molecule has 1 aromatic carbocycles. The average Bonchev–Trinajstić information content (AvgIpc) is 2.40. The molecule has 0 amide bonds. The maximum atomic E-state index is 11.0. The Morgan fingerprint density at radius 2 is 1.79 bits per heavy atom. The molecule has 1 fully saturated rings. The van der Waals surface area contributed by atoms with E-state index in [1.54, 1.807) is 6.92 Å². The summed E-state index contributed by atoms with van der Waals surface area (Å²) in [5.41, 5.74) is 0.307. The van der Waals surface area contributed by atoms with Crippen molar-refractivity contribution in [2.24, 2.45) is 11.3 Å². The normalized spacial score (nSPS) is 30.4. The minimum atomic E-state index is -1.07. The molecule has 19 heavy (non-hydrogen) atoms. The lowest BCUT2D eigenvalue weighted by Crippen LogP contribution is -2.45. The van der Waals surface area contributed by atoms with E-state index in [0.29, 0.717) is 5.92 Å². The highest BCUT2D eigenvalue weighted by Gasteiger charge is 2.49. The van der Waals surface area contributed by atoms with E-state index in [2.05, 4.69) is 13.0 Å². The van der Waals surface area contributed by atoms with Crippen LogP contribution in [0.5, 0.6) is 0 Å². The Morgan fingerprint density at radius 1 is 1.26 bits per heavy atom. The van der Waals surface area contributed by atoms with E-state index < -0.39 is 11.0 Å². The zero-order valence-corrected chi connectivity index (χ0v) is 12.1. The molecule has 1 aromatic rings. The van der Waals surface area contributed by atoms with Crippen molar-refractivity contribution in [1.29, 1.82) is 5.26 Å². The molecule has 2 rings (SSSR count). The fourth-order valence-electron chi connectivity index (χ4n) is 3.12. The third kappa shape index (κ3) is 2.40. The number of aryl methyl sites for hydroxylation is 1. The van der Waals surface area contributed by atoms with Crippen molar-refractivity contribution in [3.63, 3.8) is 0 Å². The number of nitrogens with zero attached hydrogens (tertiary/aromatic N) is 1. The Hall–Kier alpha value is -1.33. The molecule has 2 nitrogen and oxygen atoms in total. The maximum Gasteiger partial charge on any atom is 0.105 e. The van der Waals surface area contributed by atoms with Gasteiger partial charge in [0.1, 0.15) is 5.60 Å². The standard InChI is InChI=1S/C17H23NO/c1-13-4-6-15(7-5-13)16(3,19)17(12-18)10-8-14(2)9-11-17/h4-7,14,19H,8-11H2,1-3H3. The van der Waals surface area contributed by atoms with Gasteiger partial charge in [0.05, 0.1) is 11.5 Å². The summed E-state index contributed by atoms with van der Waals surface area (Å²) in [6.45, 7) is 6.06. The number of aliphatic hydroxyl groups is 1. The first-order valence-electron chi connectivity index (χ1n) is 7.12. The van der Waals surface area contributed by atoms with Gasteiger partial charge in [0, 0.05) is 0 Å². The van der Waals surface area contributed by atoms with Crippen LogP contribution in [-0.2, 0) is 5.60 Å². The molecule has 1 atom stereocenters. The maximum absolute atomic E-state index is 11.0. The third-order valence-electron chi connectivity index (χ3n) is 4.89. The first-order valence-corrected chi connectivity index (χ1v) is 7.12. The number of hydrogen-bond donors (Lipinski definition) is 1. The lowest BCUT2D eigenvalue weighted by Gasteiger charge is -2.44. The van der Waals surface area contributed by atoms with Gasteiger partial charge >= 0.3 is 0 Å². The van der Waals surface area contributed by atoms with Crippen LogP contribution in [0.15, 0.2) is 24.3 Å². The Labute approximate surface area is 116 Å². The second-order valence-electron chi connectivity index (χ2n) is 6.31. The van der Waals surface area contributed by atoms with E-state index in [4.69, 9.17) is 0 Å². The van der Waals surface area contributed by atoms with E-state index in [0.717, 1.165) is 31.2 Å². The molecule has 0 heterocycles. The lowest BCUT2D eigenvalue weighted by atomic mass is 9.61. The highest BCUT2D eigenvalue weighted by atomic mass is 16.3. The fraction of sp³-hybridized carbons (Fsp3) is 0.588. The molecule has 1 saturated carbocycles. The van der Waals surface area contributed by atoms with Crippen molar-refractivity contribution in [2.45, 2.75) is 52.1 Å². The summed E-state index contributed by atoms with van der Waals surface area (Å²) >= 11 is 0. The molecule has 0 spiro atoms. The number of nitriles is 1. The van der Waals surface area contributed by atoms with Crippen LogP contribution in [0.25, 0.3) is 0 Å². The lowest BCUT2D eigenvalue weighted by molar-refractivity contribution is -0.0686. The van der Waals surface area contributed by atoms with Crippen LogP contribution >= 0.6 is 0 Å². The van der Waals surface area contributed by atoms with E-state index >= 15 is 0 Å². The van der Waals surface area contributed by atoms with Gasteiger partial charge in [-0.05, 0) is 51.0 Å². The molecule has 102 valence electrons. The largest absolute Gasteiger partial charge is 0.384 e. The van der Waals surface area contributed by atoms with Gasteiger partial charge in [-0.25, -0.2) is 0 Å². The minimum Gasteiger partial charge on any atom is -0.384 e. The monoisotopic (exact) mass is 257 g/mol. The number of hydrogen-bond acceptors (Lipinski definition) is 2. The first kappa shape index (κ1) is 14.1. The van der Waals surface area contributed by atoms with Gasteiger partial charge in [-0.1, -0.05) is 36.8 Å². The molecule has 1 unspecified atom stereocenters. The molecule has 0 aromatic heterocycles. The van der Waals surface area contributed by atoms with Crippen molar-refractivity contribution < 1.29 is 5.11 Å². The molecule has 0 radical (unpaired) electrons. The molecule has 1 aliphatic rings. The Bertz CT molecular complexity index is 473. The van der Waals surface area contributed by atoms with Crippen LogP contribution in [0.3, 0.4) is 0 Å². The van der Waals surface area contributed by atoms with Gasteiger partial charge in [-0.2, -0.15) is 5.26 Å². The van der Waals surface area contributed by atoms with Crippen molar-refractivity contribution in [3.05, 3.63) is 35.4 Å². The Morgan fingerprint density at radius 3 is 2.26 bits per heavy atom. The summed E-state index contributed by atoms with van der Waals surface area (Å²) in [6.07, 6.45) is 3.61. The van der Waals surface area contributed by atoms with E-state index in [1.807, 2.05) is 31.2 Å². The summed E-state index contributed by atoms with van der Waals surface area (Å²) in [5.74, 6) is 0.662. The smallest absolute Gasteiger partial charge is 0.105 e. The molecular formula is C17H23NO. The molecule has 1 aliphatic carbocycles. The van der Waals surface area contributed by atoms with Crippen molar-refractivity contribution in [3.8, 4) is 6.07 Å². The van der Waals surface area contributed by atoms with Gasteiger partial charge in [-0.3, -0.25) is 0 Å². The Balaban J connectivity index is 2.36. The molecule has 0 saturated heterocycles. The molecule has 1 N–H and O–H groups in total. The van der Waals surface area contributed by atoms with Crippen LogP contribution in [0.4, 0.5) is 0 Å². The third-order valence-corrected chi connectivity index (χ3v) is 4.89. The molecular weight excluding hydrogens is 234 g/mol. The predicted molar refractivity (Wildman–Crippen MR) is 76.4 cm³/mol. The summed E-state index contributed by atoms with van der Waals surface area (Å²) < 4.78 is 0. The van der Waals surface area contributed by atoms with Gasteiger partial charge in [-0.15, -0.1) is 0 Å². The van der Waals surface area contributed by atoms with E-state index in [1.165, 1.54) is 5.56 Å². The van der Waals surface area contributed by atoms with Crippen LogP contribution < -0.4 is 0 Å². The number of benzene rings is 1. The fourth-order valence-corrected chi connectivity index (χ4v) is 3.12. The second-order valence-corrected chi connectivity index (χ2v) is 6.31. The van der Waals surface area contributed by atoms with E-state index in [9.17, 15) is 10.4 Å². The van der Waals surface area contributed by atoms with Crippen molar-refractivity contribution >= 4 is 0 Å². The summed E-state index contributed by atoms with van der Waals surface area (Å²) in [6, 6.07) is 10.3. The van der Waals surface area contributed by atoms with Crippen LogP contribution in [0, 0.1) is 29.6 Å².